The third-order valence-corrected chi connectivity index (χ3v) is 7.09. The van der Waals surface area contributed by atoms with Crippen LogP contribution in [0.5, 0.6) is 5.75 Å². The first-order valence-corrected chi connectivity index (χ1v) is 14.5. The lowest BCUT2D eigenvalue weighted by Gasteiger charge is -2.24. The molecule has 44 heavy (non-hydrogen) atoms. The van der Waals surface area contributed by atoms with E-state index in [1.54, 1.807) is 27.9 Å². The summed E-state index contributed by atoms with van der Waals surface area (Å²) in [7, 11) is 0. The second kappa shape index (κ2) is 13.5. The number of nitrogens with zero attached hydrogens (tertiary/aromatic N) is 5. The third-order valence-electron chi connectivity index (χ3n) is 7.09. The number of furan rings is 1. The van der Waals surface area contributed by atoms with E-state index in [9.17, 15) is 18.8 Å². The summed E-state index contributed by atoms with van der Waals surface area (Å²) in [5.74, 6) is -0.456. The minimum Gasteiger partial charge on any atom is -0.491 e. The lowest BCUT2D eigenvalue weighted by atomic mass is 10.0. The Morgan fingerprint density at radius 2 is 1.98 bits per heavy atom. The van der Waals surface area contributed by atoms with Crippen molar-refractivity contribution < 1.29 is 27.9 Å². The third kappa shape index (κ3) is 7.49. The van der Waals surface area contributed by atoms with Crippen molar-refractivity contribution in [2.75, 3.05) is 26.2 Å². The summed E-state index contributed by atoms with van der Waals surface area (Å²) >= 11 is 0. The van der Waals surface area contributed by atoms with Crippen LogP contribution >= 0.6 is 0 Å². The molecule has 0 fully saturated rings. The van der Waals surface area contributed by atoms with E-state index >= 15 is 0 Å². The Morgan fingerprint density at radius 3 is 2.75 bits per heavy atom. The molecule has 4 heterocycles. The number of rotatable bonds is 4. The molecule has 1 aliphatic heterocycles. The Kier molecular flexibility index (Phi) is 9.36. The van der Waals surface area contributed by atoms with Crippen molar-refractivity contribution in [2.45, 2.75) is 46.2 Å². The number of ether oxygens (including phenoxy) is 1. The number of aryl methyl sites for hydroxylation is 1. The molecule has 3 amide bonds. The molecule has 4 aromatic rings. The van der Waals surface area contributed by atoms with Crippen LogP contribution < -0.4 is 15.4 Å². The van der Waals surface area contributed by atoms with Crippen LogP contribution in [0.1, 0.15) is 52.6 Å². The molecule has 0 aliphatic carbocycles. The van der Waals surface area contributed by atoms with Crippen molar-refractivity contribution in [1.29, 1.82) is 0 Å². The zero-order valence-corrected chi connectivity index (χ0v) is 24.8. The minimum atomic E-state index is -0.892. The van der Waals surface area contributed by atoms with E-state index in [0.29, 0.717) is 36.5 Å². The highest BCUT2D eigenvalue weighted by molar-refractivity contribution is 5.99. The highest BCUT2D eigenvalue weighted by Gasteiger charge is 2.26. The van der Waals surface area contributed by atoms with Crippen molar-refractivity contribution in [3.8, 4) is 17.2 Å². The minimum absolute atomic E-state index is 0.0215. The van der Waals surface area contributed by atoms with E-state index in [4.69, 9.17) is 9.15 Å². The van der Waals surface area contributed by atoms with E-state index in [2.05, 4.69) is 31.1 Å². The second-order valence-corrected chi connectivity index (χ2v) is 11.0. The fourth-order valence-corrected chi connectivity index (χ4v) is 4.86. The van der Waals surface area contributed by atoms with E-state index in [-0.39, 0.29) is 55.1 Å². The van der Waals surface area contributed by atoms with Gasteiger partial charge < -0.3 is 24.7 Å². The lowest BCUT2D eigenvalue weighted by molar-refractivity contribution is -0.123. The second-order valence-electron chi connectivity index (χ2n) is 11.0. The smallest absolute Gasteiger partial charge is 0.274 e. The maximum absolute atomic E-state index is 14.1. The van der Waals surface area contributed by atoms with Crippen molar-refractivity contribution in [1.82, 2.24) is 40.7 Å². The number of carbonyl (C=O) groups excluding carboxylic acids is 3. The van der Waals surface area contributed by atoms with Gasteiger partial charge in [-0.15, -0.1) is 5.10 Å². The number of halogens is 1. The fraction of sp³-hybridized carbons (Fsp3) is 0.400. The van der Waals surface area contributed by atoms with Crippen LogP contribution in [0.25, 0.3) is 11.5 Å². The number of benzene rings is 1. The number of fused-ring (bicyclic) bond motifs is 3. The standard InChI is InChI=1S/C30H35FN8O5/c1-18(2)14-24-29(41)32-9-11-38(30(42)25-16-23(35-36-25)27-6-4-19(3)44-27)10-8-21-17-39(37-34-21)12-13-43-26-7-5-20(31)15-22(26)28(40)33-24/h4-7,15-18,24H,8-14H2,1-3H3,(H,32,41)(H,33,40)(H,35,36)/t24-/m1/s1. The van der Waals surface area contributed by atoms with Crippen LogP contribution in [0.2, 0.25) is 0 Å². The van der Waals surface area contributed by atoms with Crippen molar-refractivity contribution >= 4 is 17.7 Å². The molecule has 0 spiro atoms. The van der Waals surface area contributed by atoms with Crippen LogP contribution in [0.15, 0.2) is 47.0 Å². The van der Waals surface area contributed by atoms with Crippen molar-refractivity contribution in [3.05, 3.63) is 71.1 Å². The first-order chi connectivity index (χ1) is 21.2. The van der Waals surface area contributed by atoms with Gasteiger partial charge in [0.2, 0.25) is 5.91 Å². The molecule has 3 aromatic heterocycles. The molecular weight excluding hydrogens is 571 g/mol. The van der Waals surface area contributed by atoms with Crippen LogP contribution in [0.4, 0.5) is 4.39 Å². The molecular formula is C30H35FN8O5. The summed E-state index contributed by atoms with van der Waals surface area (Å²) in [6.45, 7) is 6.71. The fourth-order valence-electron chi connectivity index (χ4n) is 4.86. The average Bonchev–Trinajstić information content (AvgIpc) is 3.75. The summed E-state index contributed by atoms with van der Waals surface area (Å²) in [6, 6.07) is 8.01. The van der Waals surface area contributed by atoms with Gasteiger partial charge in [0.1, 0.15) is 35.7 Å². The summed E-state index contributed by atoms with van der Waals surface area (Å²) in [5.41, 5.74) is 1.39. The molecule has 1 aromatic carbocycles. The molecule has 3 N–H and O–H groups in total. The molecule has 1 atom stereocenters. The van der Waals surface area contributed by atoms with Gasteiger partial charge in [0, 0.05) is 38.3 Å². The molecule has 14 heteroatoms. The molecule has 1 aliphatic rings. The molecule has 232 valence electrons. The van der Waals surface area contributed by atoms with Gasteiger partial charge in [0.05, 0.1) is 17.8 Å². The largest absolute Gasteiger partial charge is 0.491 e. The molecule has 0 radical (unpaired) electrons. The molecule has 0 saturated heterocycles. The van der Waals surface area contributed by atoms with Gasteiger partial charge in [-0.3, -0.25) is 19.5 Å². The van der Waals surface area contributed by atoms with Crippen molar-refractivity contribution in [2.24, 2.45) is 5.92 Å². The number of nitrogens with one attached hydrogen (secondary N) is 3. The summed E-state index contributed by atoms with van der Waals surface area (Å²) < 4.78 is 27.2. The topological polar surface area (TPSA) is 160 Å². The van der Waals surface area contributed by atoms with Gasteiger partial charge in [0.15, 0.2) is 11.5 Å². The molecule has 0 unspecified atom stereocenters. The Morgan fingerprint density at radius 1 is 1.14 bits per heavy atom. The van der Waals surface area contributed by atoms with Crippen LogP contribution in [-0.4, -0.2) is 80.1 Å². The summed E-state index contributed by atoms with van der Waals surface area (Å²) in [4.78, 5) is 41.7. The van der Waals surface area contributed by atoms with Gasteiger partial charge in [-0.1, -0.05) is 19.1 Å². The predicted molar refractivity (Wildman–Crippen MR) is 156 cm³/mol. The van der Waals surface area contributed by atoms with Gasteiger partial charge in [-0.05, 0) is 49.6 Å². The van der Waals surface area contributed by atoms with E-state index < -0.39 is 23.7 Å². The zero-order chi connectivity index (χ0) is 31.2. The van der Waals surface area contributed by atoms with Crippen LogP contribution in [-0.2, 0) is 17.8 Å². The SMILES string of the molecule is Cc1ccc(-c2cc(C(=O)N3CCNC(=O)[C@@H](CC(C)C)NC(=O)c4cc(F)ccc4OCCn4cc(nn4)CC3)n[nH]2)o1. The van der Waals surface area contributed by atoms with E-state index in [1.807, 2.05) is 26.8 Å². The number of H-pyrrole nitrogens is 1. The highest BCUT2D eigenvalue weighted by atomic mass is 19.1. The first kappa shape index (κ1) is 30.4. The Hall–Kier alpha value is -5.01. The number of amides is 3. The number of hydrogen-bond acceptors (Lipinski definition) is 8. The maximum atomic E-state index is 14.1. The normalized spacial score (nSPS) is 16.8. The van der Waals surface area contributed by atoms with Crippen LogP contribution in [0, 0.1) is 18.7 Å². The molecule has 0 saturated carbocycles. The molecule has 5 rings (SSSR count). The predicted octanol–water partition coefficient (Wildman–Crippen LogP) is 2.75. The van der Waals surface area contributed by atoms with Crippen molar-refractivity contribution in [3.63, 3.8) is 0 Å². The first-order valence-electron chi connectivity index (χ1n) is 14.5. The number of carbonyl (C=O) groups is 3. The Balaban J connectivity index is 1.38. The molecule has 13 nitrogen and oxygen atoms in total. The number of aromatic nitrogens is 5. The van der Waals surface area contributed by atoms with Gasteiger partial charge in [-0.2, -0.15) is 5.10 Å². The van der Waals surface area contributed by atoms with Gasteiger partial charge in [0.25, 0.3) is 11.8 Å². The van der Waals surface area contributed by atoms with E-state index in [0.717, 1.165) is 11.8 Å². The number of hydrogen-bond donors (Lipinski definition) is 3. The number of aromatic amines is 1. The van der Waals surface area contributed by atoms with Gasteiger partial charge in [-0.25, -0.2) is 9.07 Å². The monoisotopic (exact) mass is 606 g/mol. The zero-order valence-electron chi connectivity index (χ0n) is 24.8. The van der Waals surface area contributed by atoms with Gasteiger partial charge >= 0.3 is 0 Å². The Bertz CT molecular complexity index is 1630. The quantitative estimate of drug-likeness (QED) is 0.320. The Labute approximate surface area is 253 Å². The molecule has 2 bridgehead atoms. The van der Waals surface area contributed by atoms with E-state index in [1.165, 1.54) is 12.1 Å². The maximum Gasteiger partial charge on any atom is 0.274 e. The average molecular weight is 607 g/mol. The summed E-state index contributed by atoms with van der Waals surface area (Å²) in [6.07, 6.45) is 2.50. The lowest BCUT2D eigenvalue weighted by Crippen LogP contribution is -2.49. The highest BCUT2D eigenvalue weighted by Crippen LogP contribution is 2.22. The summed E-state index contributed by atoms with van der Waals surface area (Å²) in [5, 5.41) is 21.0. The van der Waals surface area contributed by atoms with Crippen LogP contribution in [0.3, 0.4) is 0 Å².